The number of nitrogens with zero attached hydrogens (tertiary/aromatic N) is 1. The minimum Gasteiger partial charge on any atom is -0.389 e. The minimum atomic E-state index is 0.439. The number of rotatable bonds is 4. The Morgan fingerprint density at radius 3 is 2.25 bits per heavy atom. The van der Waals surface area contributed by atoms with E-state index in [9.17, 15) is 0 Å². The lowest BCUT2D eigenvalue weighted by atomic mass is 10.0. The second-order valence-corrected chi connectivity index (χ2v) is 5.55. The maximum absolute atomic E-state index is 5.81. The first kappa shape index (κ1) is 14.5. The van der Waals surface area contributed by atoms with Gasteiger partial charge in [0.2, 0.25) is 0 Å². The van der Waals surface area contributed by atoms with Crippen LogP contribution in [0, 0.1) is 13.8 Å². The van der Waals surface area contributed by atoms with E-state index in [1.54, 1.807) is 0 Å². The molecule has 0 amide bonds. The van der Waals surface area contributed by atoms with Crippen molar-refractivity contribution in [1.29, 1.82) is 0 Å². The zero-order valence-electron chi connectivity index (χ0n) is 12.2. The van der Waals surface area contributed by atoms with Crippen LogP contribution >= 0.6 is 12.2 Å². The number of anilines is 1. The minimum absolute atomic E-state index is 0.439. The molecule has 0 bridgehead atoms. The SMILES string of the molecule is Cc1cccc(C)c1CN(C)c1ccccc1C(N)=S. The highest BCUT2D eigenvalue weighted by atomic mass is 32.1. The second-order valence-electron chi connectivity index (χ2n) is 5.11. The van der Waals surface area contributed by atoms with Crippen molar-refractivity contribution >= 4 is 22.9 Å². The van der Waals surface area contributed by atoms with Gasteiger partial charge in [-0.05, 0) is 42.7 Å². The van der Waals surface area contributed by atoms with E-state index >= 15 is 0 Å². The summed E-state index contributed by atoms with van der Waals surface area (Å²) in [5, 5.41) is 0. The molecule has 0 spiro atoms. The van der Waals surface area contributed by atoms with Crippen LogP contribution < -0.4 is 10.6 Å². The molecule has 0 unspecified atom stereocenters. The van der Waals surface area contributed by atoms with Crippen LogP contribution in [0.15, 0.2) is 42.5 Å². The fourth-order valence-corrected chi connectivity index (χ4v) is 2.61. The standard InChI is InChI=1S/C17H20N2S/c1-12-7-6-8-13(2)15(12)11-19(3)16-10-5-4-9-14(16)17(18)20/h4-10H,11H2,1-3H3,(H2,18,20). The Hall–Kier alpha value is -1.87. The number of hydrogen-bond donors (Lipinski definition) is 1. The van der Waals surface area contributed by atoms with Gasteiger partial charge in [0, 0.05) is 24.8 Å². The number of nitrogens with two attached hydrogens (primary N) is 1. The average molecular weight is 284 g/mol. The normalized spacial score (nSPS) is 10.3. The van der Waals surface area contributed by atoms with Crippen LogP contribution in [-0.4, -0.2) is 12.0 Å². The summed E-state index contributed by atoms with van der Waals surface area (Å²) in [4.78, 5) is 2.64. The Morgan fingerprint density at radius 1 is 1.05 bits per heavy atom. The molecule has 0 saturated heterocycles. The van der Waals surface area contributed by atoms with Gasteiger partial charge >= 0.3 is 0 Å². The second kappa shape index (κ2) is 6.06. The topological polar surface area (TPSA) is 29.3 Å². The van der Waals surface area contributed by atoms with E-state index in [1.165, 1.54) is 16.7 Å². The number of thiocarbonyl (C=S) groups is 1. The highest BCUT2D eigenvalue weighted by molar-refractivity contribution is 7.80. The predicted molar refractivity (Wildman–Crippen MR) is 90.4 cm³/mol. The zero-order chi connectivity index (χ0) is 14.7. The zero-order valence-corrected chi connectivity index (χ0v) is 13.0. The van der Waals surface area contributed by atoms with Crippen LogP contribution in [0.5, 0.6) is 0 Å². The number of para-hydroxylation sites is 1. The fraction of sp³-hybridized carbons (Fsp3) is 0.235. The van der Waals surface area contributed by atoms with Crippen LogP contribution in [0.25, 0.3) is 0 Å². The van der Waals surface area contributed by atoms with E-state index in [0.717, 1.165) is 17.8 Å². The van der Waals surface area contributed by atoms with Crippen molar-refractivity contribution < 1.29 is 0 Å². The Kier molecular flexibility index (Phi) is 4.40. The molecule has 0 aliphatic carbocycles. The third-order valence-corrected chi connectivity index (χ3v) is 3.84. The molecule has 0 radical (unpaired) electrons. The molecule has 2 aromatic carbocycles. The molecule has 3 heteroatoms. The van der Waals surface area contributed by atoms with Gasteiger partial charge in [0.15, 0.2) is 0 Å². The summed E-state index contributed by atoms with van der Waals surface area (Å²) in [5.74, 6) is 0. The van der Waals surface area contributed by atoms with E-state index in [1.807, 2.05) is 18.2 Å². The molecule has 0 aliphatic heterocycles. The van der Waals surface area contributed by atoms with E-state index in [-0.39, 0.29) is 0 Å². The van der Waals surface area contributed by atoms with Gasteiger partial charge in [0.25, 0.3) is 0 Å². The van der Waals surface area contributed by atoms with Gasteiger partial charge in [0.1, 0.15) is 4.99 Å². The molecule has 20 heavy (non-hydrogen) atoms. The van der Waals surface area contributed by atoms with E-state index < -0.39 is 0 Å². The first-order chi connectivity index (χ1) is 9.50. The van der Waals surface area contributed by atoms with E-state index in [4.69, 9.17) is 18.0 Å². The highest BCUT2D eigenvalue weighted by Gasteiger charge is 2.11. The van der Waals surface area contributed by atoms with Gasteiger partial charge in [-0.15, -0.1) is 0 Å². The maximum atomic E-state index is 5.81. The predicted octanol–water partition coefficient (Wildman–Crippen LogP) is 3.57. The van der Waals surface area contributed by atoms with Gasteiger partial charge in [0.05, 0.1) is 0 Å². The lowest BCUT2D eigenvalue weighted by Crippen LogP contribution is -2.22. The van der Waals surface area contributed by atoms with Crippen molar-refractivity contribution in [3.05, 3.63) is 64.7 Å². The molecule has 2 rings (SSSR count). The van der Waals surface area contributed by atoms with Crippen LogP contribution in [-0.2, 0) is 6.54 Å². The first-order valence-electron chi connectivity index (χ1n) is 6.65. The van der Waals surface area contributed by atoms with Crippen molar-refractivity contribution in [2.24, 2.45) is 5.73 Å². The van der Waals surface area contributed by atoms with E-state index in [2.05, 4.69) is 50.1 Å². The molecular formula is C17H20N2S. The summed E-state index contributed by atoms with van der Waals surface area (Å²) < 4.78 is 0. The third kappa shape index (κ3) is 2.99. The summed E-state index contributed by atoms with van der Waals surface area (Å²) in [5.41, 5.74) is 11.8. The molecule has 0 atom stereocenters. The van der Waals surface area contributed by atoms with Gasteiger partial charge in [-0.1, -0.05) is 42.5 Å². The van der Waals surface area contributed by atoms with Crippen molar-refractivity contribution in [2.45, 2.75) is 20.4 Å². The molecule has 2 aromatic rings. The molecule has 2 N–H and O–H groups in total. The average Bonchev–Trinajstić information content (AvgIpc) is 2.43. The number of hydrogen-bond acceptors (Lipinski definition) is 2. The van der Waals surface area contributed by atoms with Crippen molar-refractivity contribution in [2.75, 3.05) is 11.9 Å². The molecule has 0 heterocycles. The van der Waals surface area contributed by atoms with Gasteiger partial charge in [-0.3, -0.25) is 0 Å². The molecule has 0 saturated carbocycles. The van der Waals surface area contributed by atoms with Gasteiger partial charge in [-0.25, -0.2) is 0 Å². The van der Waals surface area contributed by atoms with Crippen LogP contribution in [0.3, 0.4) is 0 Å². The summed E-state index contributed by atoms with van der Waals surface area (Å²) >= 11 is 5.14. The van der Waals surface area contributed by atoms with Crippen LogP contribution in [0.4, 0.5) is 5.69 Å². The maximum Gasteiger partial charge on any atom is 0.106 e. The highest BCUT2D eigenvalue weighted by Crippen LogP contribution is 2.23. The first-order valence-corrected chi connectivity index (χ1v) is 7.06. The van der Waals surface area contributed by atoms with Gasteiger partial charge in [-0.2, -0.15) is 0 Å². The van der Waals surface area contributed by atoms with Crippen molar-refractivity contribution in [1.82, 2.24) is 0 Å². The molecular weight excluding hydrogens is 264 g/mol. The quantitative estimate of drug-likeness (QED) is 0.870. The van der Waals surface area contributed by atoms with E-state index in [0.29, 0.717) is 4.99 Å². The molecule has 2 nitrogen and oxygen atoms in total. The van der Waals surface area contributed by atoms with Gasteiger partial charge < -0.3 is 10.6 Å². The van der Waals surface area contributed by atoms with Crippen molar-refractivity contribution in [3.8, 4) is 0 Å². The summed E-state index contributed by atoms with van der Waals surface area (Å²) in [6, 6.07) is 14.4. The third-order valence-electron chi connectivity index (χ3n) is 3.62. The van der Waals surface area contributed by atoms with Crippen molar-refractivity contribution in [3.63, 3.8) is 0 Å². The summed E-state index contributed by atoms with van der Waals surface area (Å²) in [7, 11) is 2.07. The molecule has 104 valence electrons. The smallest absolute Gasteiger partial charge is 0.106 e. The van der Waals surface area contributed by atoms with Crippen LogP contribution in [0.2, 0.25) is 0 Å². The molecule has 0 fully saturated rings. The largest absolute Gasteiger partial charge is 0.389 e. The number of benzene rings is 2. The molecule has 0 aromatic heterocycles. The summed E-state index contributed by atoms with van der Waals surface area (Å²) in [6.45, 7) is 5.14. The van der Waals surface area contributed by atoms with Crippen LogP contribution in [0.1, 0.15) is 22.3 Å². The lowest BCUT2D eigenvalue weighted by Gasteiger charge is -2.24. The Labute approximate surface area is 126 Å². The Balaban J connectivity index is 2.34. The monoisotopic (exact) mass is 284 g/mol. The fourth-order valence-electron chi connectivity index (χ4n) is 2.44. The lowest BCUT2D eigenvalue weighted by molar-refractivity contribution is 0.904. The summed E-state index contributed by atoms with van der Waals surface area (Å²) in [6.07, 6.45) is 0. The number of aryl methyl sites for hydroxylation is 2. The molecule has 0 aliphatic rings. The Morgan fingerprint density at radius 2 is 1.65 bits per heavy atom. The Bertz CT molecular complexity index is 614.